The largest absolute Gasteiger partial charge is 0.481 e. The number of carboxylic acid groups (broad SMARTS) is 2. The van der Waals surface area contributed by atoms with Crippen LogP contribution in [0.3, 0.4) is 0 Å². The first-order chi connectivity index (χ1) is 12.4. The Bertz CT molecular complexity index is 708. The molecule has 1 aliphatic heterocycles. The summed E-state index contributed by atoms with van der Waals surface area (Å²) in [4.78, 5) is 24.5. The van der Waals surface area contributed by atoms with Gasteiger partial charge in [-0.25, -0.2) is 0 Å². The summed E-state index contributed by atoms with van der Waals surface area (Å²) >= 11 is 0. The molecule has 0 spiro atoms. The molecule has 4 atom stereocenters. The predicted molar refractivity (Wildman–Crippen MR) is 98.9 cm³/mol. The van der Waals surface area contributed by atoms with Gasteiger partial charge >= 0.3 is 11.9 Å². The van der Waals surface area contributed by atoms with Crippen LogP contribution in [0.4, 0.5) is 0 Å². The Labute approximate surface area is 154 Å². The van der Waals surface area contributed by atoms with Gasteiger partial charge in [-0.05, 0) is 31.4 Å². The molecule has 0 saturated carbocycles. The summed E-state index contributed by atoms with van der Waals surface area (Å²) < 4.78 is 0. The Morgan fingerprint density at radius 1 is 1.08 bits per heavy atom. The third-order valence-corrected chi connectivity index (χ3v) is 6.43. The lowest BCUT2D eigenvalue weighted by molar-refractivity contribution is -0.158. The van der Waals surface area contributed by atoms with Crippen molar-refractivity contribution >= 4 is 11.9 Å². The van der Waals surface area contributed by atoms with Crippen molar-refractivity contribution in [3.8, 4) is 0 Å². The lowest BCUT2D eigenvalue weighted by Gasteiger charge is -2.52. The van der Waals surface area contributed by atoms with E-state index in [1.165, 1.54) is 0 Å². The van der Waals surface area contributed by atoms with Crippen molar-refractivity contribution in [3.63, 3.8) is 0 Å². The van der Waals surface area contributed by atoms with Gasteiger partial charge in [-0.15, -0.1) is 0 Å². The fourth-order valence-electron chi connectivity index (χ4n) is 5.12. The van der Waals surface area contributed by atoms with Gasteiger partial charge in [-0.3, -0.25) is 9.59 Å². The average Bonchev–Trinajstić information content (AvgIpc) is 2.66. The minimum atomic E-state index is -1.03. The number of fused-ring (bicyclic) bond motifs is 1. The first kappa shape index (κ1) is 18.6. The summed E-state index contributed by atoms with van der Waals surface area (Å²) in [5.74, 6) is -4.65. The first-order valence-corrected chi connectivity index (χ1v) is 9.41. The van der Waals surface area contributed by atoms with E-state index in [2.05, 4.69) is 25.2 Å². The van der Waals surface area contributed by atoms with Crippen LogP contribution in [0.1, 0.15) is 44.6 Å². The van der Waals surface area contributed by atoms with Crippen molar-refractivity contribution < 1.29 is 19.8 Å². The number of aliphatic carboxylic acids is 2. The molecule has 1 heterocycles. The van der Waals surface area contributed by atoms with Crippen molar-refractivity contribution in [3.05, 3.63) is 47.5 Å². The minimum absolute atomic E-state index is 0.287. The maximum atomic E-state index is 12.3. The molecule has 1 aliphatic carbocycles. The number of hydrogen-bond acceptors (Lipinski definition) is 3. The number of carbonyl (C=O) groups is 2. The fraction of sp³-hybridized carbons (Fsp3) is 0.524. The number of carboxylic acids is 2. The standard InChI is InChI=1S/C21H27NO4/c1-3-21(4-2)18-14(10-11-22-21)12-15(13-8-6-5-7-9-13)16(19(23)24)17(18)20(25)26/h5-9,12,15-18,22H,3-4,10-11H2,1-2H3,(H,23,24)(H,25,26). The molecular formula is C21H27NO4. The smallest absolute Gasteiger partial charge is 0.308 e. The second kappa shape index (κ2) is 7.23. The van der Waals surface area contributed by atoms with Crippen molar-refractivity contribution in [2.75, 3.05) is 6.54 Å². The summed E-state index contributed by atoms with van der Waals surface area (Å²) in [6.45, 7) is 4.91. The lowest BCUT2D eigenvalue weighted by Crippen LogP contribution is -2.61. The van der Waals surface area contributed by atoms with Crippen molar-refractivity contribution in [2.24, 2.45) is 17.8 Å². The Morgan fingerprint density at radius 3 is 2.23 bits per heavy atom. The van der Waals surface area contributed by atoms with Gasteiger partial charge in [0.2, 0.25) is 0 Å². The highest BCUT2D eigenvalue weighted by molar-refractivity contribution is 5.83. The molecule has 4 unspecified atom stereocenters. The first-order valence-electron chi connectivity index (χ1n) is 9.41. The number of rotatable bonds is 5. The van der Waals surface area contributed by atoms with Gasteiger partial charge < -0.3 is 15.5 Å². The van der Waals surface area contributed by atoms with E-state index in [0.717, 1.165) is 36.9 Å². The van der Waals surface area contributed by atoms with Crippen molar-refractivity contribution in [1.82, 2.24) is 5.32 Å². The number of allylic oxidation sites excluding steroid dienone is 1. The van der Waals surface area contributed by atoms with Gasteiger partial charge in [0.05, 0.1) is 11.8 Å². The molecule has 5 heteroatoms. The summed E-state index contributed by atoms with van der Waals surface area (Å²) in [7, 11) is 0. The molecule has 3 rings (SSSR count). The topological polar surface area (TPSA) is 86.6 Å². The van der Waals surface area contributed by atoms with Gasteiger partial charge in [-0.1, -0.05) is 55.8 Å². The van der Waals surface area contributed by atoms with Crippen LogP contribution in [-0.4, -0.2) is 34.2 Å². The van der Waals surface area contributed by atoms with E-state index >= 15 is 0 Å². The van der Waals surface area contributed by atoms with Crippen LogP contribution in [0.25, 0.3) is 0 Å². The SMILES string of the molecule is CCC1(CC)NCCC2=CC(c3ccccc3)C(C(=O)O)C(C(=O)O)C21. The second-order valence-corrected chi connectivity index (χ2v) is 7.42. The summed E-state index contributed by atoms with van der Waals surface area (Å²) in [6.07, 6.45) is 4.38. The lowest BCUT2D eigenvalue weighted by atomic mass is 9.56. The minimum Gasteiger partial charge on any atom is -0.481 e. The Morgan fingerprint density at radius 2 is 1.69 bits per heavy atom. The molecule has 1 aromatic rings. The van der Waals surface area contributed by atoms with Gasteiger partial charge in [0.25, 0.3) is 0 Å². The van der Waals surface area contributed by atoms with Gasteiger partial charge in [0, 0.05) is 17.4 Å². The summed E-state index contributed by atoms with van der Waals surface area (Å²) in [6, 6.07) is 9.42. The van der Waals surface area contributed by atoms with Crippen molar-refractivity contribution in [1.29, 1.82) is 0 Å². The molecule has 0 amide bonds. The monoisotopic (exact) mass is 357 g/mol. The molecule has 1 fully saturated rings. The summed E-state index contributed by atoms with van der Waals surface area (Å²) in [5, 5.41) is 23.6. The number of hydrogen-bond donors (Lipinski definition) is 3. The van der Waals surface area contributed by atoms with E-state index in [4.69, 9.17) is 0 Å². The highest BCUT2D eigenvalue weighted by Crippen LogP contribution is 2.51. The van der Waals surface area contributed by atoms with Crippen LogP contribution >= 0.6 is 0 Å². The molecule has 3 N–H and O–H groups in total. The zero-order valence-electron chi connectivity index (χ0n) is 15.3. The highest BCUT2D eigenvalue weighted by Gasteiger charge is 2.55. The Hall–Kier alpha value is -2.14. The maximum absolute atomic E-state index is 12.3. The average molecular weight is 357 g/mol. The van der Waals surface area contributed by atoms with Crippen LogP contribution < -0.4 is 5.32 Å². The van der Waals surface area contributed by atoms with Crippen LogP contribution in [0.2, 0.25) is 0 Å². The Balaban J connectivity index is 2.19. The molecule has 2 aliphatic rings. The van der Waals surface area contributed by atoms with Crippen LogP contribution in [-0.2, 0) is 9.59 Å². The molecule has 140 valence electrons. The predicted octanol–water partition coefficient (Wildman–Crippen LogP) is 3.28. The van der Waals surface area contributed by atoms with Gasteiger partial charge in [-0.2, -0.15) is 0 Å². The van der Waals surface area contributed by atoms with E-state index in [9.17, 15) is 19.8 Å². The molecule has 5 nitrogen and oxygen atoms in total. The normalized spacial score (nSPS) is 30.2. The van der Waals surface area contributed by atoms with Gasteiger partial charge in [0.1, 0.15) is 0 Å². The third kappa shape index (κ3) is 2.94. The molecule has 26 heavy (non-hydrogen) atoms. The van der Waals surface area contributed by atoms with E-state index in [1.807, 2.05) is 30.3 Å². The molecule has 1 saturated heterocycles. The van der Waals surface area contributed by atoms with Gasteiger partial charge in [0.15, 0.2) is 0 Å². The fourth-order valence-corrected chi connectivity index (χ4v) is 5.12. The van der Waals surface area contributed by atoms with E-state index < -0.39 is 29.7 Å². The zero-order chi connectivity index (χ0) is 18.9. The zero-order valence-corrected chi connectivity index (χ0v) is 15.3. The number of benzene rings is 1. The molecular weight excluding hydrogens is 330 g/mol. The van der Waals surface area contributed by atoms with Crippen LogP contribution in [0.5, 0.6) is 0 Å². The maximum Gasteiger partial charge on any atom is 0.308 e. The van der Waals surface area contributed by atoms with E-state index in [-0.39, 0.29) is 11.5 Å². The number of nitrogens with one attached hydrogen (secondary N) is 1. The second-order valence-electron chi connectivity index (χ2n) is 7.42. The number of piperidine rings is 1. The quantitative estimate of drug-likeness (QED) is 0.704. The molecule has 0 bridgehead atoms. The summed E-state index contributed by atoms with van der Waals surface area (Å²) in [5.41, 5.74) is 1.61. The van der Waals surface area contributed by atoms with Crippen LogP contribution in [0, 0.1) is 17.8 Å². The van der Waals surface area contributed by atoms with Crippen molar-refractivity contribution in [2.45, 2.75) is 44.6 Å². The molecule has 0 radical (unpaired) electrons. The highest BCUT2D eigenvalue weighted by atomic mass is 16.4. The van der Waals surface area contributed by atoms with Crippen LogP contribution in [0.15, 0.2) is 42.0 Å². The van der Waals surface area contributed by atoms with E-state index in [1.54, 1.807) is 0 Å². The Kier molecular flexibility index (Phi) is 5.19. The third-order valence-electron chi connectivity index (χ3n) is 6.43. The molecule has 0 aromatic heterocycles. The van der Waals surface area contributed by atoms with E-state index in [0.29, 0.717) is 0 Å². The molecule has 1 aromatic carbocycles.